The van der Waals surface area contributed by atoms with E-state index in [2.05, 4.69) is 17.4 Å². The highest BCUT2D eigenvalue weighted by molar-refractivity contribution is 7.85. The predicted molar refractivity (Wildman–Crippen MR) is 102 cm³/mol. The van der Waals surface area contributed by atoms with E-state index in [-0.39, 0.29) is 24.8 Å². The predicted octanol–water partition coefficient (Wildman–Crippen LogP) is 2.28. The van der Waals surface area contributed by atoms with Crippen LogP contribution in [0, 0.1) is 0 Å². The Balaban J connectivity index is 1.57. The Kier molecular flexibility index (Phi) is 6.17. The molecule has 1 N–H and O–H groups in total. The van der Waals surface area contributed by atoms with Crippen molar-refractivity contribution in [2.45, 2.75) is 24.2 Å². The molecule has 0 aliphatic carbocycles. The Morgan fingerprint density at radius 3 is 2.62 bits per heavy atom. The van der Waals surface area contributed by atoms with Crippen LogP contribution in [0.15, 0.2) is 59.5 Å². The number of hydrogen-bond donors (Lipinski definition) is 1. The fraction of sp³-hybridized carbons (Fsp3) is 0.300. The van der Waals surface area contributed by atoms with Crippen LogP contribution < -0.4 is 10.2 Å². The van der Waals surface area contributed by atoms with Crippen molar-refractivity contribution in [3.8, 4) is 0 Å². The Labute approximate surface area is 155 Å². The Morgan fingerprint density at radius 1 is 1.08 bits per heavy atom. The molecule has 0 spiro atoms. The van der Waals surface area contributed by atoms with Crippen LogP contribution in [0.3, 0.4) is 0 Å². The van der Waals surface area contributed by atoms with Gasteiger partial charge in [-0.25, -0.2) is 0 Å². The average molecular weight is 370 g/mol. The summed E-state index contributed by atoms with van der Waals surface area (Å²) in [6.45, 7) is 0.516. The number of para-hydroxylation sites is 1. The van der Waals surface area contributed by atoms with Gasteiger partial charge in [-0.2, -0.15) is 0 Å². The minimum atomic E-state index is -1.21. The molecule has 3 rings (SSSR count). The maximum Gasteiger partial charge on any atom is 0.240 e. The summed E-state index contributed by atoms with van der Waals surface area (Å²) in [7, 11) is -1.21. The van der Waals surface area contributed by atoms with Crippen LogP contribution in [-0.4, -0.2) is 34.9 Å². The molecular formula is C20H22N2O3S. The molecule has 0 bridgehead atoms. The number of benzene rings is 2. The molecule has 6 heteroatoms. The molecular weight excluding hydrogens is 348 g/mol. The maximum atomic E-state index is 12.4. The summed E-state index contributed by atoms with van der Waals surface area (Å²) < 4.78 is 12.3. The van der Waals surface area contributed by atoms with Crippen molar-refractivity contribution in [1.29, 1.82) is 0 Å². The summed E-state index contributed by atoms with van der Waals surface area (Å²) in [6.07, 6.45) is 1.92. The second kappa shape index (κ2) is 8.76. The van der Waals surface area contributed by atoms with Gasteiger partial charge in [-0.3, -0.25) is 13.8 Å². The molecule has 1 aliphatic rings. The summed E-state index contributed by atoms with van der Waals surface area (Å²) in [6, 6.07) is 17.2. The third-order valence-electron chi connectivity index (χ3n) is 4.31. The second-order valence-electron chi connectivity index (χ2n) is 6.19. The molecule has 0 fully saturated rings. The normalized spacial score (nSPS) is 16.7. The van der Waals surface area contributed by atoms with Crippen LogP contribution in [0.5, 0.6) is 0 Å². The van der Waals surface area contributed by atoms with Crippen molar-refractivity contribution < 1.29 is 13.8 Å². The first-order valence-electron chi connectivity index (χ1n) is 8.73. The van der Waals surface area contributed by atoms with Crippen LogP contribution in [0.1, 0.15) is 18.4 Å². The molecule has 0 radical (unpaired) electrons. The molecule has 0 saturated carbocycles. The molecule has 136 valence electrons. The Morgan fingerprint density at radius 2 is 1.81 bits per heavy atom. The van der Waals surface area contributed by atoms with Crippen molar-refractivity contribution >= 4 is 28.3 Å². The van der Waals surface area contributed by atoms with Crippen LogP contribution in [0.4, 0.5) is 5.69 Å². The van der Waals surface area contributed by atoms with Crippen LogP contribution in [0.25, 0.3) is 0 Å². The van der Waals surface area contributed by atoms with Gasteiger partial charge in [0, 0.05) is 18.7 Å². The zero-order valence-corrected chi connectivity index (χ0v) is 15.3. The lowest BCUT2D eigenvalue weighted by Crippen LogP contribution is -2.41. The SMILES string of the molecule is O=C(CN1C(=O)CCS(=O)c2ccccc21)NCCCc1ccccc1. The molecule has 26 heavy (non-hydrogen) atoms. The summed E-state index contributed by atoms with van der Waals surface area (Å²) in [5.41, 5.74) is 1.81. The highest BCUT2D eigenvalue weighted by Gasteiger charge is 2.27. The fourth-order valence-electron chi connectivity index (χ4n) is 2.97. The van der Waals surface area contributed by atoms with E-state index in [1.165, 1.54) is 10.5 Å². The minimum Gasteiger partial charge on any atom is -0.355 e. The Bertz CT molecular complexity index is 808. The van der Waals surface area contributed by atoms with E-state index in [9.17, 15) is 13.8 Å². The van der Waals surface area contributed by atoms with Gasteiger partial charge in [-0.05, 0) is 30.5 Å². The highest BCUT2D eigenvalue weighted by atomic mass is 32.2. The first-order chi connectivity index (χ1) is 12.6. The Hall–Kier alpha value is -2.47. The van der Waals surface area contributed by atoms with Gasteiger partial charge in [0.15, 0.2) is 0 Å². The average Bonchev–Trinajstić information content (AvgIpc) is 2.78. The van der Waals surface area contributed by atoms with Gasteiger partial charge in [-0.1, -0.05) is 42.5 Å². The van der Waals surface area contributed by atoms with E-state index in [1.807, 2.05) is 18.2 Å². The lowest BCUT2D eigenvalue weighted by atomic mass is 10.1. The van der Waals surface area contributed by atoms with Gasteiger partial charge in [0.05, 0.1) is 21.4 Å². The van der Waals surface area contributed by atoms with E-state index in [0.717, 1.165) is 12.8 Å². The van der Waals surface area contributed by atoms with E-state index < -0.39 is 10.8 Å². The molecule has 2 aromatic carbocycles. The van der Waals surface area contributed by atoms with E-state index in [0.29, 0.717) is 22.9 Å². The largest absolute Gasteiger partial charge is 0.355 e. The number of hydrogen-bond acceptors (Lipinski definition) is 3. The maximum absolute atomic E-state index is 12.4. The van der Waals surface area contributed by atoms with Crippen LogP contribution in [0.2, 0.25) is 0 Å². The molecule has 2 aromatic rings. The third-order valence-corrected chi connectivity index (χ3v) is 5.72. The van der Waals surface area contributed by atoms with Crippen molar-refractivity contribution in [3.63, 3.8) is 0 Å². The minimum absolute atomic E-state index is 0.0433. The number of nitrogens with zero attached hydrogens (tertiary/aromatic N) is 1. The molecule has 2 amide bonds. The van der Waals surface area contributed by atoms with Crippen molar-refractivity contribution in [2.24, 2.45) is 0 Å². The van der Waals surface area contributed by atoms with Crippen molar-refractivity contribution in [2.75, 3.05) is 23.7 Å². The number of amides is 2. The summed E-state index contributed by atoms with van der Waals surface area (Å²) in [5, 5.41) is 2.87. The van der Waals surface area contributed by atoms with Gasteiger partial charge in [-0.15, -0.1) is 0 Å². The zero-order chi connectivity index (χ0) is 18.4. The lowest BCUT2D eigenvalue weighted by molar-refractivity contribution is -0.123. The van der Waals surface area contributed by atoms with Gasteiger partial charge in [0.25, 0.3) is 0 Å². The standard InChI is InChI=1S/C20H22N2O3S/c23-19(21-13-6-9-16-7-2-1-3-8-16)15-22-17-10-4-5-11-18(17)26(25)14-12-20(22)24/h1-5,7-8,10-11H,6,9,12-15H2,(H,21,23). The third kappa shape index (κ3) is 4.58. The number of carbonyl (C=O) groups excluding carboxylic acids is 2. The summed E-state index contributed by atoms with van der Waals surface area (Å²) >= 11 is 0. The highest BCUT2D eigenvalue weighted by Crippen LogP contribution is 2.27. The molecule has 1 unspecified atom stereocenters. The number of fused-ring (bicyclic) bond motifs is 1. The first kappa shape index (κ1) is 18.3. The quantitative estimate of drug-likeness (QED) is 0.794. The van der Waals surface area contributed by atoms with Crippen LogP contribution >= 0.6 is 0 Å². The van der Waals surface area contributed by atoms with Gasteiger partial charge in [0.2, 0.25) is 11.8 Å². The van der Waals surface area contributed by atoms with E-state index >= 15 is 0 Å². The molecule has 5 nitrogen and oxygen atoms in total. The molecule has 0 saturated heterocycles. The van der Waals surface area contributed by atoms with E-state index in [4.69, 9.17) is 0 Å². The number of rotatable bonds is 6. The smallest absolute Gasteiger partial charge is 0.240 e. The molecule has 0 aromatic heterocycles. The number of carbonyl (C=O) groups is 2. The monoisotopic (exact) mass is 370 g/mol. The fourth-order valence-corrected chi connectivity index (χ4v) is 4.19. The van der Waals surface area contributed by atoms with Gasteiger partial charge in [0.1, 0.15) is 6.54 Å². The molecule has 1 atom stereocenters. The number of nitrogens with one attached hydrogen (secondary N) is 1. The molecule has 1 heterocycles. The van der Waals surface area contributed by atoms with Gasteiger partial charge >= 0.3 is 0 Å². The zero-order valence-electron chi connectivity index (χ0n) is 14.5. The second-order valence-corrected chi connectivity index (χ2v) is 7.73. The van der Waals surface area contributed by atoms with Gasteiger partial charge < -0.3 is 10.2 Å². The molecule has 1 aliphatic heterocycles. The van der Waals surface area contributed by atoms with Crippen molar-refractivity contribution in [1.82, 2.24) is 5.32 Å². The van der Waals surface area contributed by atoms with E-state index in [1.54, 1.807) is 24.3 Å². The lowest BCUT2D eigenvalue weighted by Gasteiger charge is -2.21. The van der Waals surface area contributed by atoms with Crippen molar-refractivity contribution in [3.05, 3.63) is 60.2 Å². The topological polar surface area (TPSA) is 66.5 Å². The van der Waals surface area contributed by atoms with Crippen LogP contribution in [-0.2, 0) is 26.8 Å². The summed E-state index contributed by atoms with van der Waals surface area (Å²) in [5.74, 6) is -0.0676. The number of aryl methyl sites for hydroxylation is 1. The number of anilines is 1. The first-order valence-corrected chi connectivity index (χ1v) is 10.1. The summed E-state index contributed by atoms with van der Waals surface area (Å²) in [4.78, 5) is 26.7.